The molecule has 11 heavy (non-hydrogen) atoms. The lowest BCUT2D eigenvalue weighted by molar-refractivity contribution is 0.343. The molecule has 0 amide bonds. The van der Waals surface area contributed by atoms with E-state index in [1.54, 1.807) is 0 Å². The summed E-state index contributed by atoms with van der Waals surface area (Å²) in [6.45, 7) is 2.32. The van der Waals surface area contributed by atoms with Crippen LogP contribution in [-0.2, 0) is 0 Å². The van der Waals surface area contributed by atoms with E-state index in [1.807, 2.05) is 0 Å². The number of hydrogen-bond acceptors (Lipinski definition) is 1. The Balaban J connectivity index is 2.41. The van der Waals surface area contributed by atoms with Gasteiger partial charge in [0.1, 0.15) is 0 Å². The standard InChI is InChI=1S/C10H21N/c1-3-9-7-5-4-6-8-10(9)11-2/h9-11H,3-8H2,1-2H3. The van der Waals surface area contributed by atoms with Crippen LogP contribution in [0.5, 0.6) is 0 Å². The van der Waals surface area contributed by atoms with E-state index in [0.717, 1.165) is 12.0 Å². The minimum absolute atomic E-state index is 0.808. The molecule has 1 heteroatoms. The molecule has 0 saturated heterocycles. The summed E-state index contributed by atoms with van der Waals surface area (Å²) in [4.78, 5) is 0. The monoisotopic (exact) mass is 155 g/mol. The molecule has 1 saturated carbocycles. The maximum Gasteiger partial charge on any atom is 0.00922 e. The van der Waals surface area contributed by atoms with Gasteiger partial charge in [-0.15, -0.1) is 0 Å². The lowest BCUT2D eigenvalue weighted by Gasteiger charge is -2.22. The van der Waals surface area contributed by atoms with Crippen LogP contribution in [-0.4, -0.2) is 13.1 Å². The number of nitrogens with one attached hydrogen (secondary N) is 1. The SMILES string of the molecule is CCC1CCCCCC1NC. The van der Waals surface area contributed by atoms with Crippen LogP contribution in [0.15, 0.2) is 0 Å². The molecule has 1 nitrogen and oxygen atoms in total. The van der Waals surface area contributed by atoms with Crippen LogP contribution in [0.25, 0.3) is 0 Å². The Labute approximate surface area is 70.6 Å². The molecule has 0 radical (unpaired) electrons. The highest BCUT2D eigenvalue weighted by atomic mass is 14.9. The zero-order valence-electron chi connectivity index (χ0n) is 7.90. The van der Waals surface area contributed by atoms with Gasteiger partial charge in [0, 0.05) is 6.04 Å². The summed E-state index contributed by atoms with van der Waals surface area (Å²) in [6, 6.07) is 0.808. The third kappa shape index (κ3) is 2.48. The van der Waals surface area contributed by atoms with Crippen molar-refractivity contribution in [2.24, 2.45) is 5.92 Å². The Morgan fingerprint density at radius 2 is 1.91 bits per heavy atom. The highest BCUT2D eigenvalue weighted by Gasteiger charge is 2.19. The van der Waals surface area contributed by atoms with Crippen molar-refractivity contribution in [3.8, 4) is 0 Å². The molecule has 2 unspecified atom stereocenters. The van der Waals surface area contributed by atoms with E-state index in [1.165, 1.54) is 38.5 Å². The summed E-state index contributed by atoms with van der Waals surface area (Å²) in [5.41, 5.74) is 0. The third-order valence-corrected chi connectivity index (χ3v) is 3.05. The molecular formula is C10H21N. The van der Waals surface area contributed by atoms with Crippen molar-refractivity contribution in [2.75, 3.05) is 7.05 Å². The van der Waals surface area contributed by atoms with Crippen LogP contribution in [0.3, 0.4) is 0 Å². The summed E-state index contributed by atoms with van der Waals surface area (Å²) in [5, 5.41) is 3.44. The third-order valence-electron chi connectivity index (χ3n) is 3.05. The van der Waals surface area contributed by atoms with Gasteiger partial charge in [0.2, 0.25) is 0 Å². The zero-order chi connectivity index (χ0) is 8.10. The smallest absolute Gasteiger partial charge is 0.00922 e. The van der Waals surface area contributed by atoms with Gasteiger partial charge < -0.3 is 5.32 Å². The lowest BCUT2D eigenvalue weighted by Crippen LogP contribution is -2.32. The molecule has 0 aromatic heterocycles. The van der Waals surface area contributed by atoms with E-state index < -0.39 is 0 Å². The van der Waals surface area contributed by atoms with E-state index in [-0.39, 0.29) is 0 Å². The second-order valence-corrected chi connectivity index (χ2v) is 3.70. The van der Waals surface area contributed by atoms with E-state index in [9.17, 15) is 0 Å². The average Bonchev–Trinajstić information content (AvgIpc) is 2.27. The lowest BCUT2D eigenvalue weighted by atomic mass is 9.92. The van der Waals surface area contributed by atoms with E-state index in [4.69, 9.17) is 0 Å². The van der Waals surface area contributed by atoms with Crippen molar-refractivity contribution in [3.05, 3.63) is 0 Å². The van der Waals surface area contributed by atoms with Crippen molar-refractivity contribution in [1.29, 1.82) is 0 Å². The van der Waals surface area contributed by atoms with Crippen molar-refractivity contribution in [1.82, 2.24) is 5.32 Å². The quantitative estimate of drug-likeness (QED) is 0.604. The summed E-state index contributed by atoms with van der Waals surface area (Å²) >= 11 is 0. The molecular weight excluding hydrogens is 134 g/mol. The molecule has 0 aromatic rings. The van der Waals surface area contributed by atoms with E-state index in [2.05, 4.69) is 19.3 Å². The summed E-state index contributed by atoms with van der Waals surface area (Å²) in [6.07, 6.45) is 8.54. The highest BCUT2D eigenvalue weighted by molar-refractivity contribution is 4.76. The van der Waals surface area contributed by atoms with Crippen LogP contribution >= 0.6 is 0 Å². The highest BCUT2D eigenvalue weighted by Crippen LogP contribution is 2.25. The molecule has 0 heterocycles. The van der Waals surface area contributed by atoms with Gasteiger partial charge in [-0.1, -0.05) is 32.6 Å². The molecule has 0 spiro atoms. The first-order valence-electron chi connectivity index (χ1n) is 5.05. The second kappa shape index (κ2) is 4.76. The maximum absolute atomic E-state index is 3.44. The predicted octanol–water partition coefficient (Wildman–Crippen LogP) is 2.56. The maximum atomic E-state index is 3.44. The zero-order valence-corrected chi connectivity index (χ0v) is 7.90. The second-order valence-electron chi connectivity index (χ2n) is 3.70. The van der Waals surface area contributed by atoms with E-state index >= 15 is 0 Å². The Bertz CT molecular complexity index is 89.0. The Kier molecular flexibility index (Phi) is 3.92. The van der Waals surface area contributed by atoms with Crippen LogP contribution in [0, 0.1) is 5.92 Å². The molecule has 66 valence electrons. The molecule has 0 aliphatic heterocycles. The first-order chi connectivity index (χ1) is 5.38. The van der Waals surface area contributed by atoms with Gasteiger partial charge in [-0.2, -0.15) is 0 Å². The van der Waals surface area contributed by atoms with Gasteiger partial charge in [-0.25, -0.2) is 0 Å². The molecule has 2 atom stereocenters. The summed E-state index contributed by atoms with van der Waals surface area (Å²) in [7, 11) is 2.11. The van der Waals surface area contributed by atoms with Gasteiger partial charge in [0.05, 0.1) is 0 Å². The van der Waals surface area contributed by atoms with Crippen molar-refractivity contribution < 1.29 is 0 Å². The Morgan fingerprint density at radius 3 is 2.55 bits per heavy atom. The summed E-state index contributed by atoms with van der Waals surface area (Å²) in [5.74, 6) is 0.947. The topological polar surface area (TPSA) is 12.0 Å². The van der Waals surface area contributed by atoms with Gasteiger partial charge in [0.25, 0.3) is 0 Å². The molecule has 1 aliphatic carbocycles. The summed E-state index contributed by atoms with van der Waals surface area (Å²) < 4.78 is 0. The van der Waals surface area contributed by atoms with Gasteiger partial charge >= 0.3 is 0 Å². The predicted molar refractivity (Wildman–Crippen MR) is 49.7 cm³/mol. The molecule has 1 fully saturated rings. The van der Waals surface area contributed by atoms with Crippen molar-refractivity contribution in [2.45, 2.75) is 51.5 Å². The first kappa shape index (κ1) is 9.05. The van der Waals surface area contributed by atoms with Crippen LogP contribution in [0.4, 0.5) is 0 Å². The fourth-order valence-electron chi connectivity index (χ4n) is 2.25. The van der Waals surface area contributed by atoms with Crippen molar-refractivity contribution >= 4 is 0 Å². The van der Waals surface area contributed by atoms with Crippen LogP contribution in [0.2, 0.25) is 0 Å². The fourth-order valence-corrected chi connectivity index (χ4v) is 2.25. The molecule has 0 bridgehead atoms. The van der Waals surface area contributed by atoms with Crippen LogP contribution < -0.4 is 5.32 Å². The van der Waals surface area contributed by atoms with Crippen molar-refractivity contribution in [3.63, 3.8) is 0 Å². The largest absolute Gasteiger partial charge is 0.317 e. The molecule has 1 rings (SSSR count). The molecule has 1 aliphatic rings. The molecule has 0 aromatic carbocycles. The average molecular weight is 155 g/mol. The number of rotatable bonds is 2. The van der Waals surface area contributed by atoms with Gasteiger partial charge in [-0.3, -0.25) is 0 Å². The van der Waals surface area contributed by atoms with Gasteiger partial charge in [-0.05, 0) is 25.8 Å². The van der Waals surface area contributed by atoms with Crippen LogP contribution in [0.1, 0.15) is 45.4 Å². The Morgan fingerprint density at radius 1 is 1.18 bits per heavy atom. The minimum Gasteiger partial charge on any atom is -0.317 e. The normalized spacial score (nSPS) is 33.3. The minimum atomic E-state index is 0.808. The van der Waals surface area contributed by atoms with E-state index in [0.29, 0.717) is 0 Å². The Hall–Kier alpha value is -0.0400. The fraction of sp³-hybridized carbons (Fsp3) is 1.00. The number of hydrogen-bond donors (Lipinski definition) is 1. The van der Waals surface area contributed by atoms with Gasteiger partial charge in [0.15, 0.2) is 0 Å². The first-order valence-corrected chi connectivity index (χ1v) is 5.05. The molecule has 1 N–H and O–H groups in total.